The van der Waals surface area contributed by atoms with Crippen molar-refractivity contribution >= 4 is 0 Å². The van der Waals surface area contributed by atoms with E-state index >= 15 is 0 Å². The summed E-state index contributed by atoms with van der Waals surface area (Å²) in [4.78, 5) is 2.31. The number of rotatable bonds is 2. The van der Waals surface area contributed by atoms with Crippen molar-refractivity contribution in [1.82, 2.24) is 4.90 Å². The van der Waals surface area contributed by atoms with Crippen molar-refractivity contribution in [2.75, 3.05) is 27.8 Å². The van der Waals surface area contributed by atoms with Gasteiger partial charge < -0.3 is 14.4 Å². The number of likely N-dealkylation sites (N-methyl/N-ethyl adjacent to an activating group) is 1. The summed E-state index contributed by atoms with van der Waals surface area (Å²) in [5.74, 6) is 1.66. The molecule has 1 aromatic carbocycles. The molecule has 1 aromatic rings. The second kappa shape index (κ2) is 6.50. The van der Waals surface area contributed by atoms with Crippen LogP contribution in [-0.4, -0.2) is 32.7 Å². The third-order valence-corrected chi connectivity index (χ3v) is 2.91. The maximum Gasteiger partial charge on any atom is 0.161 e. The lowest BCUT2D eigenvalue weighted by Gasteiger charge is -2.26. The van der Waals surface area contributed by atoms with Crippen LogP contribution in [0.4, 0.5) is 0 Å². The van der Waals surface area contributed by atoms with Crippen molar-refractivity contribution in [3.05, 3.63) is 23.3 Å². The molecule has 0 radical (unpaired) electrons. The Morgan fingerprint density at radius 3 is 2.06 bits per heavy atom. The van der Waals surface area contributed by atoms with Crippen LogP contribution in [0, 0.1) is 0 Å². The maximum atomic E-state index is 5.29. The Labute approximate surface area is 104 Å². The van der Waals surface area contributed by atoms with Crippen LogP contribution in [0.3, 0.4) is 0 Å². The average Bonchev–Trinajstić information content (AvgIpc) is 2.39. The van der Waals surface area contributed by atoms with E-state index in [9.17, 15) is 0 Å². The summed E-state index contributed by atoms with van der Waals surface area (Å²) in [6, 6.07) is 4.19. The maximum absolute atomic E-state index is 5.29. The zero-order chi connectivity index (χ0) is 12.8. The van der Waals surface area contributed by atoms with Gasteiger partial charge in [-0.15, -0.1) is 0 Å². The van der Waals surface area contributed by atoms with Crippen molar-refractivity contribution in [2.24, 2.45) is 0 Å². The van der Waals surface area contributed by atoms with Gasteiger partial charge in [-0.25, -0.2) is 0 Å². The lowest BCUT2D eigenvalue weighted by Crippen LogP contribution is -2.26. The Bertz CT molecular complexity index is 363. The lowest BCUT2D eigenvalue weighted by atomic mass is 9.99. The van der Waals surface area contributed by atoms with Gasteiger partial charge in [0.15, 0.2) is 11.5 Å². The first-order valence-corrected chi connectivity index (χ1v) is 6.17. The number of nitrogens with zero attached hydrogens (tertiary/aromatic N) is 1. The van der Waals surface area contributed by atoms with Crippen molar-refractivity contribution in [3.8, 4) is 11.5 Å². The molecule has 0 aliphatic carbocycles. The van der Waals surface area contributed by atoms with Crippen molar-refractivity contribution in [2.45, 2.75) is 26.8 Å². The molecule has 96 valence electrons. The summed E-state index contributed by atoms with van der Waals surface area (Å²) < 4.78 is 10.6. The van der Waals surface area contributed by atoms with Crippen LogP contribution in [0.1, 0.15) is 25.0 Å². The predicted octanol–water partition coefficient (Wildman–Crippen LogP) is 2.72. The van der Waals surface area contributed by atoms with E-state index in [4.69, 9.17) is 9.47 Å². The zero-order valence-corrected chi connectivity index (χ0v) is 11.5. The van der Waals surface area contributed by atoms with E-state index in [-0.39, 0.29) is 0 Å². The quantitative estimate of drug-likeness (QED) is 0.789. The number of hydrogen-bond acceptors (Lipinski definition) is 3. The molecule has 3 nitrogen and oxygen atoms in total. The van der Waals surface area contributed by atoms with E-state index in [2.05, 4.69) is 24.1 Å². The van der Waals surface area contributed by atoms with Crippen LogP contribution >= 0.6 is 0 Å². The van der Waals surface area contributed by atoms with Gasteiger partial charge in [-0.3, -0.25) is 0 Å². The van der Waals surface area contributed by atoms with Gasteiger partial charge in [0.1, 0.15) is 0 Å². The highest BCUT2D eigenvalue weighted by Gasteiger charge is 2.16. The summed E-state index contributed by atoms with van der Waals surface area (Å²) in [7, 11) is 5.50. The minimum absolute atomic E-state index is 0.826. The summed E-state index contributed by atoms with van der Waals surface area (Å²) in [6.45, 7) is 6.11. The van der Waals surface area contributed by atoms with Gasteiger partial charge >= 0.3 is 0 Å². The van der Waals surface area contributed by atoms with Gasteiger partial charge in [0.05, 0.1) is 14.2 Å². The fourth-order valence-corrected chi connectivity index (χ4v) is 2.02. The highest BCUT2D eigenvalue weighted by molar-refractivity contribution is 5.48. The smallest absolute Gasteiger partial charge is 0.161 e. The van der Waals surface area contributed by atoms with Gasteiger partial charge in [0, 0.05) is 13.1 Å². The Morgan fingerprint density at radius 2 is 1.53 bits per heavy atom. The van der Waals surface area contributed by atoms with Crippen LogP contribution < -0.4 is 9.47 Å². The third kappa shape index (κ3) is 3.13. The Balaban J connectivity index is 0.000000686. The molecule has 1 heterocycles. The van der Waals surface area contributed by atoms with Crippen LogP contribution in [0.15, 0.2) is 12.1 Å². The minimum Gasteiger partial charge on any atom is -0.493 e. The van der Waals surface area contributed by atoms with Crippen LogP contribution in [0.25, 0.3) is 0 Å². The van der Waals surface area contributed by atoms with E-state index in [0.717, 1.165) is 31.0 Å². The van der Waals surface area contributed by atoms with Crippen molar-refractivity contribution in [3.63, 3.8) is 0 Å². The monoisotopic (exact) mass is 237 g/mol. The standard InChI is InChI=1S/C12H17NO2.C2H6/c1-13-5-4-9-6-11(14-2)12(15-3)7-10(9)8-13;1-2/h6-7H,4-5,8H2,1-3H3;1-2H3. The van der Waals surface area contributed by atoms with Gasteiger partial charge in [0.25, 0.3) is 0 Å². The molecule has 2 rings (SSSR count). The van der Waals surface area contributed by atoms with Crippen LogP contribution in [-0.2, 0) is 13.0 Å². The van der Waals surface area contributed by atoms with Crippen LogP contribution in [0.2, 0.25) is 0 Å². The number of ether oxygens (including phenoxy) is 2. The van der Waals surface area contributed by atoms with Crippen molar-refractivity contribution in [1.29, 1.82) is 0 Å². The Kier molecular flexibility index (Phi) is 5.29. The van der Waals surface area contributed by atoms with Gasteiger partial charge in [-0.2, -0.15) is 0 Å². The number of benzene rings is 1. The molecule has 0 bridgehead atoms. The summed E-state index contributed by atoms with van der Waals surface area (Å²) in [6.07, 6.45) is 1.09. The van der Waals surface area contributed by atoms with E-state index in [1.165, 1.54) is 11.1 Å². The van der Waals surface area contributed by atoms with E-state index in [1.54, 1.807) is 14.2 Å². The minimum atomic E-state index is 0.826. The highest BCUT2D eigenvalue weighted by atomic mass is 16.5. The molecule has 0 N–H and O–H groups in total. The molecule has 0 spiro atoms. The molecule has 0 saturated heterocycles. The lowest BCUT2D eigenvalue weighted by molar-refractivity contribution is 0.308. The number of hydrogen-bond donors (Lipinski definition) is 0. The first kappa shape index (κ1) is 13.8. The molecule has 0 fully saturated rings. The average molecular weight is 237 g/mol. The Hall–Kier alpha value is -1.22. The van der Waals surface area contributed by atoms with Gasteiger partial charge in [-0.05, 0) is 36.7 Å². The molecule has 1 aliphatic rings. The largest absolute Gasteiger partial charge is 0.493 e. The molecule has 0 atom stereocenters. The second-order valence-corrected chi connectivity index (χ2v) is 3.96. The third-order valence-electron chi connectivity index (χ3n) is 2.91. The fourth-order valence-electron chi connectivity index (χ4n) is 2.02. The van der Waals surface area contributed by atoms with E-state index < -0.39 is 0 Å². The first-order valence-electron chi connectivity index (χ1n) is 6.17. The van der Waals surface area contributed by atoms with Gasteiger partial charge in [-0.1, -0.05) is 13.8 Å². The second-order valence-electron chi connectivity index (χ2n) is 3.96. The Morgan fingerprint density at radius 1 is 1.00 bits per heavy atom. The molecule has 0 aromatic heterocycles. The molecular weight excluding hydrogens is 214 g/mol. The number of methoxy groups -OCH3 is 2. The molecule has 1 aliphatic heterocycles. The predicted molar refractivity (Wildman–Crippen MR) is 70.9 cm³/mol. The normalized spacial score (nSPS) is 14.4. The molecular formula is C14H23NO2. The molecule has 0 unspecified atom stereocenters. The summed E-state index contributed by atoms with van der Waals surface area (Å²) >= 11 is 0. The molecule has 17 heavy (non-hydrogen) atoms. The molecule has 0 saturated carbocycles. The SMILES string of the molecule is CC.COc1cc2c(cc1OC)CN(C)CC2. The summed E-state index contributed by atoms with van der Waals surface area (Å²) in [5.41, 5.74) is 2.73. The molecule has 3 heteroatoms. The van der Waals surface area contributed by atoms with Crippen LogP contribution in [0.5, 0.6) is 11.5 Å². The van der Waals surface area contributed by atoms with Crippen molar-refractivity contribution < 1.29 is 9.47 Å². The highest BCUT2D eigenvalue weighted by Crippen LogP contribution is 2.32. The summed E-state index contributed by atoms with van der Waals surface area (Å²) in [5, 5.41) is 0. The topological polar surface area (TPSA) is 21.7 Å². The van der Waals surface area contributed by atoms with E-state index in [1.807, 2.05) is 13.8 Å². The van der Waals surface area contributed by atoms with E-state index in [0.29, 0.717) is 0 Å². The number of fused-ring (bicyclic) bond motifs is 1. The molecule has 0 amide bonds. The first-order chi connectivity index (χ1) is 8.24. The fraction of sp³-hybridized carbons (Fsp3) is 0.571. The van der Waals surface area contributed by atoms with Gasteiger partial charge in [0.2, 0.25) is 0 Å². The zero-order valence-electron chi connectivity index (χ0n) is 11.5.